The van der Waals surface area contributed by atoms with Crippen LogP contribution in [0.2, 0.25) is 0 Å². The van der Waals surface area contributed by atoms with Gasteiger partial charge in [-0.05, 0) is 31.7 Å². The molecular formula is C15H19N3O4. The minimum absolute atomic E-state index is 0.0961. The Balaban J connectivity index is 1.53. The SMILES string of the molecule is Cc1occc1-c1cc(NC(=O)NCC(CO)C2CC2)no1. The van der Waals surface area contributed by atoms with Gasteiger partial charge in [0.15, 0.2) is 11.6 Å². The smallest absolute Gasteiger partial charge is 0.320 e. The fourth-order valence-electron chi connectivity index (χ4n) is 2.43. The van der Waals surface area contributed by atoms with E-state index in [9.17, 15) is 9.90 Å². The monoisotopic (exact) mass is 305 g/mol. The predicted octanol–water partition coefficient (Wildman–Crippen LogP) is 2.38. The highest BCUT2D eigenvalue weighted by Crippen LogP contribution is 2.36. The van der Waals surface area contributed by atoms with Crippen molar-refractivity contribution in [2.75, 3.05) is 18.5 Å². The van der Waals surface area contributed by atoms with Crippen LogP contribution in [0.15, 0.2) is 27.3 Å². The maximum atomic E-state index is 11.8. The highest BCUT2D eigenvalue weighted by Gasteiger charge is 2.30. The Hall–Kier alpha value is -2.28. The van der Waals surface area contributed by atoms with Crippen LogP contribution in [-0.4, -0.2) is 29.4 Å². The average molecular weight is 305 g/mol. The summed E-state index contributed by atoms with van der Waals surface area (Å²) in [7, 11) is 0. The number of hydrogen-bond donors (Lipinski definition) is 3. The van der Waals surface area contributed by atoms with Crippen molar-refractivity contribution in [1.82, 2.24) is 10.5 Å². The molecule has 3 N–H and O–H groups in total. The molecule has 2 amide bonds. The number of nitrogens with zero attached hydrogens (tertiary/aromatic N) is 1. The van der Waals surface area contributed by atoms with E-state index in [-0.39, 0.29) is 18.6 Å². The van der Waals surface area contributed by atoms with Gasteiger partial charge in [-0.2, -0.15) is 0 Å². The molecule has 3 rings (SSSR count). The Kier molecular flexibility index (Phi) is 4.15. The van der Waals surface area contributed by atoms with Crippen LogP contribution in [0.3, 0.4) is 0 Å². The maximum Gasteiger partial charge on any atom is 0.320 e. The van der Waals surface area contributed by atoms with Gasteiger partial charge < -0.3 is 19.4 Å². The first-order chi connectivity index (χ1) is 10.7. The lowest BCUT2D eigenvalue weighted by atomic mass is 10.1. The van der Waals surface area contributed by atoms with E-state index in [1.54, 1.807) is 18.4 Å². The van der Waals surface area contributed by atoms with E-state index in [0.29, 0.717) is 24.0 Å². The third-order valence-corrected chi connectivity index (χ3v) is 3.92. The number of urea groups is 1. The van der Waals surface area contributed by atoms with Gasteiger partial charge in [0.2, 0.25) is 0 Å². The van der Waals surface area contributed by atoms with Crippen molar-refractivity contribution in [3.8, 4) is 11.3 Å². The van der Waals surface area contributed by atoms with E-state index in [1.807, 2.05) is 6.92 Å². The van der Waals surface area contributed by atoms with Gasteiger partial charge in [0.25, 0.3) is 0 Å². The van der Waals surface area contributed by atoms with Crippen molar-refractivity contribution in [2.45, 2.75) is 19.8 Å². The number of anilines is 1. The van der Waals surface area contributed by atoms with Crippen LogP contribution in [0.25, 0.3) is 11.3 Å². The molecular weight excluding hydrogens is 286 g/mol. The number of aromatic nitrogens is 1. The maximum absolute atomic E-state index is 11.8. The van der Waals surface area contributed by atoms with E-state index >= 15 is 0 Å². The van der Waals surface area contributed by atoms with Gasteiger partial charge in [0, 0.05) is 25.1 Å². The molecule has 2 aromatic rings. The van der Waals surface area contributed by atoms with Crippen molar-refractivity contribution in [3.63, 3.8) is 0 Å². The summed E-state index contributed by atoms with van der Waals surface area (Å²) in [5, 5.41) is 18.4. The van der Waals surface area contributed by atoms with Crippen LogP contribution in [0.4, 0.5) is 10.6 Å². The first kappa shape index (κ1) is 14.6. The molecule has 0 radical (unpaired) electrons. The van der Waals surface area contributed by atoms with Crippen molar-refractivity contribution in [3.05, 3.63) is 24.2 Å². The molecule has 2 heterocycles. The third kappa shape index (κ3) is 3.30. The molecule has 0 aliphatic heterocycles. The summed E-state index contributed by atoms with van der Waals surface area (Å²) in [5.74, 6) is 2.26. The highest BCUT2D eigenvalue weighted by molar-refractivity contribution is 5.88. The van der Waals surface area contributed by atoms with E-state index in [0.717, 1.165) is 24.2 Å². The molecule has 0 spiro atoms. The summed E-state index contributed by atoms with van der Waals surface area (Å²) in [6.07, 6.45) is 3.83. The van der Waals surface area contributed by atoms with Gasteiger partial charge in [0.05, 0.1) is 11.8 Å². The van der Waals surface area contributed by atoms with Gasteiger partial charge in [-0.3, -0.25) is 5.32 Å². The Labute approximate surface area is 127 Å². The molecule has 7 heteroatoms. The van der Waals surface area contributed by atoms with Gasteiger partial charge in [-0.25, -0.2) is 4.79 Å². The second-order valence-electron chi connectivity index (χ2n) is 5.58. The summed E-state index contributed by atoms with van der Waals surface area (Å²) < 4.78 is 10.4. The number of nitrogens with one attached hydrogen (secondary N) is 2. The fraction of sp³-hybridized carbons (Fsp3) is 0.467. The molecule has 7 nitrogen and oxygen atoms in total. The van der Waals surface area contributed by atoms with Crippen molar-refractivity contribution in [2.24, 2.45) is 11.8 Å². The minimum Gasteiger partial charge on any atom is -0.469 e. The molecule has 2 aromatic heterocycles. The summed E-state index contributed by atoms with van der Waals surface area (Å²) in [6, 6.07) is 3.06. The zero-order valence-corrected chi connectivity index (χ0v) is 12.3. The zero-order chi connectivity index (χ0) is 15.5. The Morgan fingerprint density at radius 1 is 1.55 bits per heavy atom. The lowest BCUT2D eigenvalue weighted by molar-refractivity contribution is 0.204. The molecule has 1 saturated carbocycles. The minimum atomic E-state index is -0.358. The van der Waals surface area contributed by atoms with Crippen LogP contribution in [0.5, 0.6) is 0 Å². The number of carbonyl (C=O) groups excluding carboxylic acids is 1. The predicted molar refractivity (Wildman–Crippen MR) is 79.3 cm³/mol. The molecule has 118 valence electrons. The van der Waals surface area contributed by atoms with E-state index in [2.05, 4.69) is 15.8 Å². The second-order valence-corrected chi connectivity index (χ2v) is 5.58. The topological polar surface area (TPSA) is 101 Å². The molecule has 1 fully saturated rings. The second kappa shape index (κ2) is 6.23. The standard InChI is InChI=1S/C15H19N3O4/c1-9-12(4-5-21-9)13-6-14(18-22-13)17-15(20)16-7-11(8-19)10-2-3-10/h4-6,10-11,19H,2-3,7-8H2,1H3,(H2,16,17,18,20). The number of furan rings is 1. The molecule has 1 aliphatic rings. The number of amides is 2. The molecule has 0 saturated heterocycles. The number of carbonyl (C=O) groups is 1. The zero-order valence-electron chi connectivity index (χ0n) is 12.3. The Morgan fingerprint density at radius 2 is 2.36 bits per heavy atom. The van der Waals surface area contributed by atoms with Crippen LogP contribution < -0.4 is 10.6 Å². The lowest BCUT2D eigenvalue weighted by Crippen LogP contribution is -2.35. The molecule has 1 aliphatic carbocycles. The summed E-state index contributed by atoms with van der Waals surface area (Å²) >= 11 is 0. The van der Waals surface area contributed by atoms with Crippen molar-refractivity contribution >= 4 is 11.8 Å². The highest BCUT2D eigenvalue weighted by atomic mass is 16.5. The molecule has 0 bridgehead atoms. The van der Waals surface area contributed by atoms with Gasteiger partial charge in [-0.15, -0.1) is 0 Å². The van der Waals surface area contributed by atoms with Gasteiger partial charge in [0.1, 0.15) is 5.76 Å². The first-order valence-corrected chi connectivity index (χ1v) is 7.34. The lowest BCUT2D eigenvalue weighted by Gasteiger charge is -2.13. The van der Waals surface area contributed by atoms with E-state index in [1.165, 1.54) is 0 Å². The largest absolute Gasteiger partial charge is 0.469 e. The van der Waals surface area contributed by atoms with Crippen LogP contribution in [0.1, 0.15) is 18.6 Å². The Bertz CT molecular complexity index is 645. The third-order valence-electron chi connectivity index (χ3n) is 3.92. The molecule has 22 heavy (non-hydrogen) atoms. The average Bonchev–Trinajstić information content (AvgIpc) is 3.08. The molecule has 1 unspecified atom stereocenters. The molecule has 0 aromatic carbocycles. The van der Waals surface area contributed by atoms with Crippen LogP contribution in [0, 0.1) is 18.8 Å². The van der Waals surface area contributed by atoms with Crippen molar-refractivity contribution in [1.29, 1.82) is 0 Å². The quantitative estimate of drug-likeness (QED) is 0.760. The van der Waals surface area contributed by atoms with Crippen molar-refractivity contribution < 1.29 is 18.8 Å². The molecule has 1 atom stereocenters. The summed E-state index contributed by atoms with van der Waals surface area (Å²) in [6.45, 7) is 2.38. The summed E-state index contributed by atoms with van der Waals surface area (Å²) in [5.41, 5.74) is 0.801. The number of rotatable bonds is 6. The fourth-order valence-corrected chi connectivity index (χ4v) is 2.43. The number of aliphatic hydroxyl groups excluding tert-OH is 1. The van der Waals surface area contributed by atoms with Crippen LogP contribution in [-0.2, 0) is 0 Å². The van der Waals surface area contributed by atoms with E-state index < -0.39 is 0 Å². The van der Waals surface area contributed by atoms with Gasteiger partial charge in [-0.1, -0.05) is 5.16 Å². The van der Waals surface area contributed by atoms with Gasteiger partial charge >= 0.3 is 6.03 Å². The normalized spacial score (nSPS) is 15.5. The first-order valence-electron chi connectivity index (χ1n) is 7.34. The van der Waals surface area contributed by atoms with Crippen LogP contribution >= 0.6 is 0 Å². The summed E-state index contributed by atoms with van der Waals surface area (Å²) in [4.78, 5) is 11.8. The van der Waals surface area contributed by atoms with E-state index in [4.69, 9.17) is 8.94 Å². The number of aryl methyl sites for hydroxylation is 1. The Morgan fingerprint density at radius 3 is 3.00 bits per heavy atom. The number of hydrogen-bond acceptors (Lipinski definition) is 5. The number of aliphatic hydroxyl groups is 1.